The molecule has 0 saturated carbocycles. The fourth-order valence-corrected chi connectivity index (χ4v) is 2.41. The summed E-state index contributed by atoms with van der Waals surface area (Å²) in [5.74, 6) is 0.350. The van der Waals surface area contributed by atoms with Crippen molar-refractivity contribution in [2.24, 2.45) is 0 Å². The molecular formula is C17H13N3O3. The van der Waals surface area contributed by atoms with E-state index >= 15 is 0 Å². The van der Waals surface area contributed by atoms with Crippen molar-refractivity contribution in [1.29, 1.82) is 0 Å². The number of carbonyl (C=O) groups is 1. The number of nitro groups is 1. The first-order chi connectivity index (χ1) is 11.1. The monoisotopic (exact) mass is 307 g/mol. The van der Waals surface area contributed by atoms with Crippen molar-refractivity contribution in [1.82, 2.24) is 9.55 Å². The summed E-state index contributed by atoms with van der Waals surface area (Å²) in [6, 6.07) is 13.5. The molecule has 6 heteroatoms. The lowest BCUT2D eigenvalue weighted by atomic mass is 10.2. The minimum atomic E-state index is -0.466. The Bertz CT molecular complexity index is 941. The molecule has 0 N–H and O–H groups in total. The van der Waals surface area contributed by atoms with E-state index in [-0.39, 0.29) is 11.6 Å². The minimum absolute atomic E-state index is 0.0103. The highest BCUT2D eigenvalue weighted by Gasteiger charge is 2.11. The topological polar surface area (TPSA) is 78.0 Å². The Hall–Kier alpha value is -3.28. The Morgan fingerprint density at radius 3 is 2.78 bits per heavy atom. The first-order valence-electron chi connectivity index (χ1n) is 6.97. The number of imidazole rings is 1. The zero-order valence-corrected chi connectivity index (χ0v) is 12.3. The second kappa shape index (κ2) is 5.84. The molecule has 0 unspecified atom stereocenters. The van der Waals surface area contributed by atoms with E-state index in [1.165, 1.54) is 22.8 Å². The van der Waals surface area contributed by atoms with Crippen LogP contribution in [0.3, 0.4) is 0 Å². The van der Waals surface area contributed by atoms with Gasteiger partial charge >= 0.3 is 0 Å². The van der Waals surface area contributed by atoms with Crippen molar-refractivity contribution in [3.63, 3.8) is 0 Å². The number of nitrogens with zero attached hydrogens (tertiary/aromatic N) is 3. The summed E-state index contributed by atoms with van der Waals surface area (Å²) in [4.78, 5) is 27.1. The van der Waals surface area contributed by atoms with Crippen LogP contribution in [0, 0.1) is 17.0 Å². The van der Waals surface area contributed by atoms with E-state index in [1.807, 2.05) is 24.3 Å². The van der Waals surface area contributed by atoms with Crippen LogP contribution in [0.25, 0.3) is 17.1 Å². The van der Waals surface area contributed by atoms with Crippen molar-refractivity contribution in [3.05, 3.63) is 76.1 Å². The van der Waals surface area contributed by atoms with Gasteiger partial charge in [-0.2, -0.15) is 0 Å². The van der Waals surface area contributed by atoms with Gasteiger partial charge in [0.1, 0.15) is 5.82 Å². The number of benzene rings is 2. The zero-order valence-electron chi connectivity index (χ0n) is 12.3. The van der Waals surface area contributed by atoms with Gasteiger partial charge in [-0.3, -0.25) is 19.5 Å². The molecule has 0 radical (unpaired) electrons. The van der Waals surface area contributed by atoms with Gasteiger partial charge in [-0.05, 0) is 30.7 Å². The van der Waals surface area contributed by atoms with E-state index < -0.39 is 4.92 Å². The molecule has 0 spiro atoms. The summed E-state index contributed by atoms with van der Waals surface area (Å²) < 4.78 is 1.52. The fourth-order valence-electron chi connectivity index (χ4n) is 2.41. The molecule has 0 bridgehead atoms. The number of nitro benzene ring substituents is 1. The zero-order chi connectivity index (χ0) is 16.4. The predicted molar refractivity (Wildman–Crippen MR) is 87.2 cm³/mol. The van der Waals surface area contributed by atoms with Gasteiger partial charge in [0.05, 0.1) is 16.0 Å². The number of allylic oxidation sites excluding steroid dienone is 1. The van der Waals surface area contributed by atoms with Crippen molar-refractivity contribution in [2.45, 2.75) is 6.92 Å². The van der Waals surface area contributed by atoms with Gasteiger partial charge in [-0.25, -0.2) is 4.98 Å². The quantitative estimate of drug-likeness (QED) is 0.421. The maximum atomic E-state index is 12.4. The highest BCUT2D eigenvalue weighted by molar-refractivity contribution is 5.99. The summed E-state index contributed by atoms with van der Waals surface area (Å²) in [5.41, 5.74) is 2.07. The van der Waals surface area contributed by atoms with E-state index in [0.717, 1.165) is 11.0 Å². The number of non-ortho nitro benzene ring substituents is 1. The number of aromatic nitrogens is 2. The number of carbonyl (C=O) groups excluding carboxylic acids is 1. The predicted octanol–water partition coefficient (Wildman–Crippen LogP) is 3.61. The summed E-state index contributed by atoms with van der Waals surface area (Å²) in [5, 5.41) is 10.8. The van der Waals surface area contributed by atoms with Crippen LogP contribution >= 0.6 is 0 Å². The molecule has 3 rings (SSSR count). The standard InChI is InChI=1S/C17H13N3O3/c1-12-18-15-7-2-3-8-16(15)19(12)17(21)10-9-13-5-4-6-14(11-13)20(22)23/h2-11H,1H3. The van der Waals surface area contributed by atoms with Crippen molar-refractivity contribution in [3.8, 4) is 0 Å². The molecule has 1 aromatic heterocycles. The Labute approximate surface area is 131 Å². The summed E-state index contributed by atoms with van der Waals surface area (Å²) in [7, 11) is 0. The number of aryl methyl sites for hydroxylation is 1. The molecule has 23 heavy (non-hydrogen) atoms. The molecule has 0 aliphatic carbocycles. The van der Waals surface area contributed by atoms with Gasteiger partial charge in [0, 0.05) is 18.2 Å². The molecule has 3 aromatic rings. The normalized spacial score (nSPS) is 11.2. The second-order valence-electron chi connectivity index (χ2n) is 5.01. The van der Waals surface area contributed by atoms with Gasteiger partial charge in [0.15, 0.2) is 0 Å². The molecule has 0 amide bonds. The van der Waals surface area contributed by atoms with E-state index in [1.54, 1.807) is 25.1 Å². The van der Waals surface area contributed by atoms with Crippen LogP contribution in [0.1, 0.15) is 16.2 Å². The number of hydrogen-bond donors (Lipinski definition) is 0. The van der Waals surface area contributed by atoms with Gasteiger partial charge < -0.3 is 0 Å². The van der Waals surface area contributed by atoms with E-state index in [2.05, 4.69) is 4.98 Å². The first-order valence-corrected chi connectivity index (χ1v) is 6.97. The first kappa shape index (κ1) is 14.6. The summed E-state index contributed by atoms with van der Waals surface area (Å²) in [6.07, 6.45) is 2.95. The van der Waals surface area contributed by atoms with E-state index in [0.29, 0.717) is 11.4 Å². The third-order valence-electron chi connectivity index (χ3n) is 3.45. The third kappa shape index (κ3) is 2.87. The fraction of sp³-hybridized carbons (Fsp3) is 0.0588. The number of rotatable bonds is 3. The van der Waals surface area contributed by atoms with Crippen molar-refractivity contribution < 1.29 is 9.72 Å². The maximum Gasteiger partial charge on any atom is 0.270 e. The molecule has 0 saturated heterocycles. The molecule has 6 nitrogen and oxygen atoms in total. The van der Waals surface area contributed by atoms with Crippen LogP contribution in [0.15, 0.2) is 54.6 Å². The van der Waals surface area contributed by atoms with Crippen LogP contribution in [0.5, 0.6) is 0 Å². The molecule has 1 heterocycles. The van der Waals surface area contributed by atoms with E-state index in [4.69, 9.17) is 0 Å². The molecule has 2 aromatic carbocycles. The van der Waals surface area contributed by atoms with Crippen LogP contribution < -0.4 is 0 Å². The van der Waals surface area contributed by atoms with Gasteiger partial charge in [0.25, 0.3) is 11.6 Å². The van der Waals surface area contributed by atoms with Crippen LogP contribution in [0.2, 0.25) is 0 Å². The van der Waals surface area contributed by atoms with Gasteiger partial charge in [-0.1, -0.05) is 24.3 Å². The molecule has 0 aliphatic rings. The van der Waals surface area contributed by atoms with Crippen LogP contribution in [-0.2, 0) is 0 Å². The Morgan fingerprint density at radius 1 is 1.22 bits per heavy atom. The lowest BCUT2D eigenvalue weighted by Gasteiger charge is -2.01. The second-order valence-corrected chi connectivity index (χ2v) is 5.01. The molecule has 0 fully saturated rings. The van der Waals surface area contributed by atoms with E-state index in [9.17, 15) is 14.9 Å². The number of fused-ring (bicyclic) bond motifs is 1. The SMILES string of the molecule is Cc1nc2ccccc2n1C(=O)C=Cc1cccc([N+](=O)[O-])c1. The lowest BCUT2D eigenvalue weighted by molar-refractivity contribution is -0.384. The van der Waals surface area contributed by atoms with Gasteiger partial charge in [0.2, 0.25) is 0 Å². The van der Waals surface area contributed by atoms with Crippen molar-refractivity contribution in [2.75, 3.05) is 0 Å². The maximum absolute atomic E-state index is 12.4. The van der Waals surface area contributed by atoms with Crippen molar-refractivity contribution >= 4 is 28.7 Å². The average molecular weight is 307 g/mol. The number of hydrogen-bond acceptors (Lipinski definition) is 4. The Balaban J connectivity index is 1.93. The average Bonchev–Trinajstić information content (AvgIpc) is 2.88. The molecule has 0 aliphatic heterocycles. The highest BCUT2D eigenvalue weighted by Crippen LogP contribution is 2.17. The molecule has 0 atom stereocenters. The van der Waals surface area contributed by atoms with Crippen LogP contribution in [0.4, 0.5) is 5.69 Å². The number of para-hydroxylation sites is 2. The lowest BCUT2D eigenvalue weighted by Crippen LogP contribution is -2.08. The molecular weight excluding hydrogens is 294 g/mol. The van der Waals surface area contributed by atoms with Gasteiger partial charge in [-0.15, -0.1) is 0 Å². The smallest absolute Gasteiger partial charge is 0.269 e. The minimum Gasteiger partial charge on any atom is -0.269 e. The van der Waals surface area contributed by atoms with Crippen LogP contribution in [-0.4, -0.2) is 20.4 Å². The Kier molecular flexibility index (Phi) is 3.72. The Morgan fingerprint density at radius 2 is 2.00 bits per heavy atom. The summed E-state index contributed by atoms with van der Waals surface area (Å²) in [6.45, 7) is 1.76. The highest BCUT2D eigenvalue weighted by atomic mass is 16.6. The largest absolute Gasteiger partial charge is 0.270 e. The summed E-state index contributed by atoms with van der Waals surface area (Å²) >= 11 is 0. The third-order valence-corrected chi connectivity index (χ3v) is 3.45. The molecule has 114 valence electrons.